The number of hydrogen-bond donors (Lipinski definition) is 2. The molecule has 0 saturated carbocycles. The van der Waals surface area contributed by atoms with E-state index in [0.29, 0.717) is 12.2 Å². The van der Waals surface area contributed by atoms with E-state index in [4.69, 9.17) is 0 Å². The Labute approximate surface area is 154 Å². The van der Waals surface area contributed by atoms with Crippen LogP contribution in [0.15, 0.2) is 42.0 Å². The summed E-state index contributed by atoms with van der Waals surface area (Å²) in [6.07, 6.45) is 1.61. The summed E-state index contributed by atoms with van der Waals surface area (Å²) in [7, 11) is 0. The number of anilines is 2. The van der Waals surface area contributed by atoms with Crippen molar-refractivity contribution in [3.63, 3.8) is 0 Å². The highest BCUT2D eigenvalue weighted by Crippen LogP contribution is 2.26. The van der Waals surface area contributed by atoms with E-state index in [0.717, 1.165) is 42.2 Å². The Hall–Kier alpha value is -2.58. The van der Waals surface area contributed by atoms with Crippen LogP contribution in [0.25, 0.3) is 10.2 Å². The van der Waals surface area contributed by atoms with Crippen molar-refractivity contribution in [1.29, 1.82) is 0 Å². The molecule has 134 valence electrons. The van der Waals surface area contributed by atoms with Gasteiger partial charge in [0.15, 0.2) is 6.54 Å². The Morgan fingerprint density at radius 3 is 2.92 bits per heavy atom. The molecule has 0 atom stereocenters. The normalized spacial score (nSPS) is 15.3. The van der Waals surface area contributed by atoms with E-state index in [1.54, 1.807) is 29.8 Å². The highest BCUT2D eigenvalue weighted by atomic mass is 32.1. The lowest BCUT2D eigenvalue weighted by Gasteiger charge is -2.32. The summed E-state index contributed by atoms with van der Waals surface area (Å²) in [5.74, 6) is 0.522. The molecule has 1 saturated heterocycles. The SMILES string of the molecule is O=C(C[NH+]1CCN(c2ncnc3sccc23)CC1)Nc1cccc(F)c1. The number of carbonyl (C=O) groups excluding carboxylic acids is 1. The number of aromatic nitrogens is 2. The van der Waals surface area contributed by atoms with Crippen molar-refractivity contribution >= 4 is 39.0 Å². The van der Waals surface area contributed by atoms with Crippen LogP contribution in [0, 0.1) is 5.82 Å². The molecule has 1 amide bonds. The van der Waals surface area contributed by atoms with E-state index in [2.05, 4.69) is 26.3 Å². The Kier molecular flexibility index (Phi) is 4.77. The van der Waals surface area contributed by atoms with E-state index >= 15 is 0 Å². The average Bonchev–Trinajstić information content (AvgIpc) is 3.11. The predicted molar refractivity (Wildman–Crippen MR) is 100 cm³/mol. The lowest BCUT2D eigenvalue weighted by molar-refractivity contribution is -0.892. The van der Waals surface area contributed by atoms with Gasteiger partial charge >= 0.3 is 0 Å². The van der Waals surface area contributed by atoms with Gasteiger partial charge in [0, 0.05) is 5.69 Å². The fourth-order valence-corrected chi connectivity index (χ4v) is 3.97. The van der Waals surface area contributed by atoms with Crippen LogP contribution in [0.3, 0.4) is 0 Å². The van der Waals surface area contributed by atoms with Crippen molar-refractivity contribution < 1.29 is 14.1 Å². The summed E-state index contributed by atoms with van der Waals surface area (Å²) in [5, 5.41) is 5.88. The zero-order valence-corrected chi connectivity index (χ0v) is 14.9. The van der Waals surface area contributed by atoms with Gasteiger partial charge in [-0.1, -0.05) is 6.07 Å². The van der Waals surface area contributed by atoms with Crippen molar-refractivity contribution in [3.05, 3.63) is 47.9 Å². The van der Waals surface area contributed by atoms with Gasteiger partial charge in [0.2, 0.25) is 0 Å². The molecule has 0 spiro atoms. The molecule has 1 fully saturated rings. The minimum Gasteiger partial charge on any atom is -0.345 e. The van der Waals surface area contributed by atoms with E-state index < -0.39 is 0 Å². The quantitative estimate of drug-likeness (QED) is 0.722. The first-order chi connectivity index (χ1) is 12.7. The Bertz CT molecular complexity index is 923. The van der Waals surface area contributed by atoms with E-state index in [1.807, 2.05) is 5.38 Å². The molecular formula is C18H19FN5OS+. The first-order valence-corrected chi connectivity index (χ1v) is 9.39. The number of quaternary nitrogens is 1. The van der Waals surface area contributed by atoms with Crippen LogP contribution < -0.4 is 15.1 Å². The summed E-state index contributed by atoms with van der Waals surface area (Å²) < 4.78 is 13.2. The summed E-state index contributed by atoms with van der Waals surface area (Å²) >= 11 is 1.61. The van der Waals surface area contributed by atoms with Gasteiger partial charge in [-0.05, 0) is 29.6 Å². The molecule has 0 bridgehead atoms. The molecule has 0 aliphatic carbocycles. The van der Waals surface area contributed by atoms with Crippen LogP contribution in [0.2, 0.25) is 0 Å². The number of rotatable bonds is 4. The highest BCUT2D eigenvalue weighted by Gasteiger charge is 2.24. The minimum atomic E-state index is -0.353. The van der Waals surface area contributed by atoms with E-state index in [1.165, 1.54) is 17.0 Å². The van der Waals surface area contributed by atoms with Gasteiger partial charge in [-0.2, -0.15) is 0 Å². The van der Waals surface area contributed by atoms with Gasteiger partial charge < -0.3 is 15.1 Å². The van der Waals surface area contributed by atoms with Gasteiger partial charge in [-0.3, -0.25) is 4.79 Å². The molecule has 6 nitrogen and oxygen atoms in total. The molecule has 3 heterocycles. The zero-order chi connectivity index (χ0) is 17.9. The lowest BCUT2D eigenvalue weighted by Crippen LogP contribution is -3.15. The number of nitrogens with one attached hydrogen (secondary N) is 2. The van der Waals surface area contributed by atoms with Crippen LogP contribution in [0.5, 0.6) is 0 Å². The second kappa shape index (κ2) is 7.35. The highest BCUT2D eigenvalue weighted by molar-refractivity contribution is 7.16. The van der Waals surface area contributed by atoms with Crippen molar-refractivity contribution in [2.24, 2.45) is 0 Å². The lowest BCUT2D eigenvalue weighted by atomic mass is 10.2. The van der Waals surface area contributed by atoms with Gasteiger partial charge in [-0.15, -0.1) is 11.3 Å². The molecule has 3 aromatic rings. The molecule has 26 heavy (non-hydrogen) atoms. The Morgan fingerprint density at radius 2 is 2.12 bits per heavy atom. The van der Waals surface area contributed by atoms with Gasteiger partial charge in [0.1, 0.15) is 22.8 Å². The first-order valence-electron chi connectivity index (χ1n) is 8.51. The minimum absolute atomic E-state index is 0.0960. The third-order valence-electron chi connectivity index (χ3n) is 4.53. The van der Waals surface area contributed by atoms with Crippen molar-refractivity contribution in [1.82, 2.24) is 9.97 Å². The molecule has 0 radical (unpaired) electrons. The molecule has 1 aliphatic heterocycles. The molecule has 2 N–H and O–H groups in total. The van der Waals surface area contributed by atoms with Crippen molar-refractivity contribution in [2.75, 3.05) is 42.9 Å². The number of thiophene rings is 1. The maximum Gasteiger partial charge on any atom is 0.279 e. The van der Waals surface area contributed by atoms with Crippen molar-refractivity contribution in [2.45, 2.75) is 0 Å². The van der Waals surface area contributed by atoms with Crippen LogP contribution in [-0.4, -0.2) is 48.6 Å². The predicted octanol–water partition coefficient (Wildman–Crippen LogP) is 1.17. The summed E-state index contributed by atoms with van der Waals surface area (Å²) in [6.45, 7) is 3.76. The number of halogens is 1. The molecule has 4 rings (SSSR count). The largest absolute Gasteiger partial charge is 0.345 e. The summed E-state index contributed by atoms with van der Waals surface area (Å²) in [5.41, 5.74) is 0.494. The second-order valence-corrected chi connectivity index (χ2v) is 7.20. The molecular weight excluding hydrogens is 353 g/mol. The van der Waals surface area contributed by atoms with Gasteiger partial charge in [-0.25, -0.2) is 14.4 Å². The maximum atomic E-state index is 13.2. The molecule has 2 aromatic heterocycles. The number of benzene rings is 1. The van der Waals surface area contributed by atoms with Crippen LogP contribution >= 0.6 is 11.3 Å². The maximum absolute atomic E-state index is 13.2. The third-order valence-corrected chi connectivity index (χ3v) is 5.35. The number of piperazine rings is 1. The monoisotopic (exact) mass is 372 g/mol. The summed E-state index contributed by atoms with van der Waals surface area (Å²) in [6, 6.07) is 8.02. The molecule has 1 aromatic carbocycles. The van der Waals surface area contributed by atoms with Crippen molar-refractivity contribution in [3.8, 4) is 0 Å². The molecule has 8 heteroatoms. The Balaban J connectivity index is 1.33. The van der Waals surface area contributed by atoms with Crippen LogP contribution in [0.1, 0.15) is 0 Å². The van der Waals surface area contributed by atoms with Gasteiger partial charge in [0.05, 0.1) is 31.6 Å². The van der Waals surface area contributed by atoms with E-state index in [9.17, 15) is 9.18 Å². The third kappa shape index (κ3) is 3.66. The fourth-order valence-electron chi connectivity index (χ4n) is 3.24. The number of amides is 1. The smallest absolute Gasteiger partial charge is 0.279 e. The Morgan fingerprint density at radius 1 is 1.27 bits per heavy atom. The van der Waals surface area contributed by atoms with Crippen LogP contribution in [0.4, 0.5) is 15.9 Å². The second-order valence-electron chi connectivity index (χ2n) is 6.31. The van der Waals surface area contributed by atoms with E-state index in [-0.39, 0.29) is 11.7 Å². The first kappa shape index (κ1) is 16.9. The van der Waals surface area contributed by atoms with Crippen LogP contribution in [-0.2, 0) is 4.79 Å². The van der Waals surface area contributed by atoms with Gasteiger partial charge in [0.25, 0.3) is 5.91 Å². The number of carbonyl (C=O) groups is 1. The fraction of sp³-hybridized carbons (Fsp3) is 0.278. The molecule has 0 unspecified atom stereocenters. The topological polar surface area (TPSA) is 62.6 Å². The number of nitrogens with zero attached hydrogens (tertiary/aromatic N) is 3. The number of hydrogen-bond acceptors (Lipinski definition) is 5. The zero-order valence-electron chi connectivity index (χ0n) is 14.1. The standard InChI is InChI=1S/C18H18FN5OS/c19-13-2-1-3-14(10-13)22-16(25)11-23-5-7-24(8-6-23)17-15-4-9-26-18(15)21-12-20-17/h1-4,9-10,12H,5-8,11H2,(H,22,25)/p+1. The number of fused-ring (bicyclic) bond motifs is 1. The summed E-state index contributed by atoms with van der Waals surface area (Å²) in [4.78, 5) is 25.4. The average molecular weight is 372 g/mol. The molecule has 1 aliphatic rings.